The van der Waals surface area contributed by atoms with Gasteiger partial charge in [-0.15, -0.1) is 0 Å². The summed E-state index contributed by atoms with van der Waals surface area (Å²) in [6.07, 6.45) is -3.42. The highest BCUT2D eigenvalue weighted by Gasteiger charge is 2.47. The van der Waals surface area contributed by atoms with Crippen LogP contribution in [0.25, 0.3) is 0 Å². The number of anilines is 1. The Hall–Kier alpha value is -2.85. The average Bonchev–Trinajstić information content (AvgIpc) is 3.28. The minimum atomic E-state index is -4.49. The molecule has 0 aliphatic carbocycles. The summed E-state index contributed by atoms with van der Waals surface area (Å²) in [4.78, 5) is 17.3. The second-order valence-electron chi connectivity index (χ2n) is 8.95. The zero-order valence-electron chi connectivity index (χ0n) is 18.9. The molecule has 2 atom stereocenters. The number of aromatic nitrogens is 2. The Morgan fingerprint density at radius 3 is 2.37 bits per heavy atom. The number of rotatable bonds is 4. The van der Waals surface area contributed by atoms with Crippen LogP contribution in [0.4, 0.5) is 19.0 Å². The molecule has 2 aliphatic heterocycles. The second kappa shape index (κ2) is 9.66. The molecule has 0 spiro atoms. The number of nitrogens with one attached hydrogen (secondary N) is 1. The SMILES string of the molecule is O=C(c1cnn2c1N[C@H](c1ccc(Br)cc1)C[C@@H]2C(F)(F)F)N1CCN(Cc2ccccc2)CC1. The van der Waals surface area contributed by atoms with Crippen molar-refractivity contribution in [1.82, 2.24) is 19.6 Å². The van der Waals surface area contributed by atoms with Crippen LogP contribution in [-0.2, 0) is 6.54 Å². The average molecular weight is 548 g/mol. The van der Waals surface area contributed by atoms with Gasteiger partial charge in [0.05, 0.1) is 12.2 Å². The smallest absolute Gasteiger partial charge is 0.363 e. The topological polar surface area (TPSA) is 53.4 Å². The maximum atomic E-state index is 14.0. The van der Waals surface area contributed by atoms with Crippen LogP contribution < -0.4 is 5.32 Å². The van der Waals surface area contributed by atoms with Gasteiger partial charge in [-0.25, -0.2) is 4.68 Å². The van der Waals surface area contributed by atoms with Gasteiger partial charge in [-0.3, -0.25) is 9.69 Å². The van der Waals surface area contributed by atoms with Crippen molar-refractivity contribution in [3.8, 4) is 0 Å². The van der Waals surface area contributed by atoms with E-state index in [1.165, 1.54) is 11.8 Å². The quantitative estimate of drug-likeness (QED) is 0.483. The van der Waals surface area contributed by atoms with Gasteiger partial charge in [0, 0.05) is 43.6 Å². The monoisotopic (exact) mass is 547 g/mol. The van der Waals surface area contributed by atoms with Gasteiger partial charge in [0.25, 0.3) is 5.91 Å². The normalized spacial score (nSPS) is 20.9. The van der Waals surface area contributed by atoms with Crippen molar-refractivity contribution < 1.29 is 18.0 Å². The van der Waals surface area contributed by atoms with E-state index in [2.05, 4.69) is 43.4 Å². The third kappa shape index (κ3) is 5.08. The summed E-state index contributed by atoms with van der Waals surface area (Å²) in [5.41, 5.74) is 2.11. The lowest BCUT2D eigenvalue weighted by Gasteiger charge is -2.36. The third-order valence-corrected chi connectivity index (χ3v) is 7.18. The number of amides is 1. The van der Waals surface area contributed by atoms with Crippen LogP contribution in [0.3, 0.4) is 0 Å². The Balaban J connectivity index is 1.34. The van der Waals surface area contributed by atoms with Crippen molar-refractivity contribution in [3.63, 3.8) is 0 Å². The van der Waals surface area contributed by atoms with Crippen LogP contribution in [0.2, 0.25) is 0 Å². The summed E-state index contributed by atoms with van der Waals surface area (Å²) in [5, 5.41) is 7.17. The number of benzene rings is 2. The number of carbonyl (C=O) groups excluding carboxylic acids is 1. The summed E-state index contributed by atoms with van der Waals surface area (Å²) in [5.74, 6) is -0.168. The van der Waals surface area contributed by atoms with Gasteiger partial charge < -0.3 is 10.2 Å². The zero-order chi connectivity index (χ0) is 24.6. The molecule has 1 amide bonds. The molecule has 3 aromatic rings. The molecule has 2 aromatic carbocycles. The Bertz CT molecular complexity index is 1170. The van der Waals surface area contributed by atoms with Gasteiger partial charge >= 0.3 is 6.18 Å². The summed E-state index contributed by atoms with van der Waals surface area (Å²) in [7, 11) is 0. The highest BCUT2D eigenvalue weighted by molar-refractivity contribution is 9.10. The molecule has 6 nitrogen and oxygen atoms in total. The van der Waals surface area contributed by atoms with Crippen molar-refractivity contribution >= 4 is 27.7 Å². The lowest BCUT2D eigenvalue weighted by atomic mass is 9.96. The molecule has 35 heavy (non-hydrogen) atoms. The van der Waals surface area contributed by atoms with Gasteiger partial charge in [0.15, 0.2) is 6.04 Å². The minimum absolute atomic E-state index is 0.128. The molecule has 2 aliphatic rings. The van der Waals surface area contributed by atoms with E-state index in [-0.39, 0.29) is 23.7 Å². The highest BCUT2D eigenvalue weighted by Crippen LogP contribution is 2.44. The van der Waals surface area contributed by atoms with Gasteiger partial charge in [-0.05, 0) is 23.3 Å². The Labute approximate surface area is 209 Å². The molecule has 184 valence electrons. The first-order chi connectivity index (χ1) is 16.8. The lowest BCUT2D eigenvalue weighted by Crippen LogP contribution is -2.48. The Morgan fingerprint density at radius 2 is 1.71 bits per heavy atom. The van der Waals surface area contributed by atoms with Crippen molar-refractivity contribution in [3.05, 3.63) is 82.0 Å². The van der Waals surface area contributed by atoms with Crippen LogP contribution in [0.15, 0.2) is 65.3 Å². The summed E-state index contributed by atoms with van der Waals surface area (Å²) >= 11 is 3.36. The molecule has 1 saturated heterocycles. The van der Waals surface area contributed by atoms with Crippen LogP contribution >= 0.6 is 15.9 Å². The summed E-state index contributed by atoms with van der Waals surface area (Å²) in [6.45, 7) is 3.22. The van der Waals surface area contributed by atoms with E-state index in [1.807, 2.05) is 18.2 Å². The molecular formula is C25H25BrF3N5O. The number of fused-ring (bicyclic) bond motifs is 1. The molecular weight excluding hydrogens is 523 g/mol. The number of hydrogen-bond acceptors (Lipinski definition) is 4. The van der Waals surface area contributed by atoms with E-state index >= 15 is 0 Å². The van der Waals surface area contributed by atoms with Gasteiger partial charge in [-0.1, -0.05) is 58.4 Å². The van der Waals surface area contributed by atoms with E-state index in [9.17, 15) is 18.0 Å². The van der Waals surface area contributed by atoms with Crippen molar-refractivity contribution in [2.45, 2.75) is 31.2 Å². The van der Waals surface area contributed by atoms with Gasteiger partial charge in [0.1, 0.15) is 11.4 Å². The van der Waals surface area contributed by atoms with E-state index in [0.29, 0.717) is 26.2 Å². The van der Waals surface area contributed by atoms with Crippen LogP contribution in [0.5, 0.6) is 0 Å². The zero-order valence-corrected chi connectivity index (χ0v) is 20.5. The maximum absolute atomic E-state index is 14.0. The van der Waals surface area contributed by atoms with E-state index < -0.39 is 18.3 Å². The minimum Gasteiger partial charge on any atom is -0.363 e. The first-order valence-corrected chi connectivity index (χ1v) is 12.3. The number of nitrogens with zero attached hydrogens (tertiary/aromatic N) is 4. The fourth-order valence-corrected chi connectivity index (χ4v) is 5.02. The molecule has 1 aromatic heterocycles. The lowest BCUT2D eigenvalue weighted by molar-refractivity contribution is -0.173. The Morgan fingerprint density at radius 1 is 1.03 bits per heavy atom. The fraction of sp³-hybridized carbons (Fsp3) is 0.360. The Kier molecular flexibility index (Phi) is 6.59. The van der Waals surface area contributed by atoms with E-state index in [0.717, 1.165) is 21.3 Å². The number of alkyl halides is 3. The molecule has 0 unspecified atom stereocenters. The summed E-state index contributed by atoms with van der Waals surface area (Å²) in [6, 6.07) is 14.9. The van der Waals surface area contributed by atoms with Crippen molar-refractivity contribution in [1.29, 1.82) is 0 Å². The third-order valence-electron chi connectivity index (χ3n) is 6.65. The molecule has 3 heterocycles. The van der Waals surface area contributed by atoms with Crippen LogP contribution in [0, 0.1) is 0 Å². The predicted molar refractivity (Wildman–Crippen MR) is 130 cm³/mol. The highest BCUT2D eigenvalue weighted by atomic mass is 79.9. The number of hydrogen-bond donors (Lipinski definition) is 1. The molecule has 1 N–H and O–H groups in total. The first kappa shape index (κ1) is 23.9. The number of carbonyl (C=O) groups is 1. The van der Waals surface area contributed by atoms with Crippen molar-refractivity contribution in [2.75, 3.05) is 31.5 Å². The molecule has 0 radical (unpaired) electrons. The molecule has 0 saturated carbocycles. The standard InChI is InChI=1S/C25H25BrF3N5O/c26-19-8-6-18(7-9-19)21-14-22(25(27,28)29)34-23(31-21)20(15-30-34)24(35)33-12-10-32(11-13-33)16-17-4-2-1-3-5-17/h1-9,15,21-22,31H,10-14,16H2/t21-,22+/m0/s1. The molecule has 0 bridgehead atoms. The van der Waals surface area contributed by atoms with Gasteiger partial charge in [0.2, 0.25) is 0 Å². The first-order valence-electron chi connectivity index (χ1n) is 11.5. The molecule has 10 heteroatoms. The largest absolute Gasteiger partial charge is 0.410 e. The van der Waals surface area contributed by atoms with Crippen LogP contribution in [0.1, 0.15) is 40.0 Å². The molecule has 5 rings (SSSR count). The van der Waals surface area contributed by atoms with E-state index in [1.54, 1.807) is 29.2 Å². The number of halogens is 4. The number of piperazine rings is 1. The second-order valence-corrected chi connectivity index (χ2v) is 9.86. The van der Waals surface area contributed by atoms with Crippen molar-refractivity contribution in [2.24, 2.45) is 0 Å². The van der Waals surface area contributed by atoms with Crippen LogP contribution in [-0.4, -0.2) is 57.8 Å². The maximum Gasteiger partial charge on any atom is 0.410 e. The fourth-order valence-electron chi connectivity index (χ4n) is 4.75. The van der Waals surface area contributed by atoms with E-state index in [4.69, 9.17) is 0 Å². The summed E-state index contributed by atoms with van der Waals surface area (Å²) < 4.78 is 43.7. The van der Waals surface area contributed by atoms with Gasteiger partial charge in [-0.2, -0.15) is 18.3 Å². The predicted octanol–water partition coefficient (Wildman–Crippen LogP) is 5.26. The molecule has 1 fully saturated rings.